The molecule has 1 aliphatic carbocycles. The average molecular weight is 757 g/mol. The Morgan fingerprint density at radius 3 is 1.68 bits per heavy atom. The Bertz CT molecular complexity index is 1480. The average Bonchev–Trinajstić information content (AvgIpc) is 3.13. The zero-order chi connectivity index (χ0) is 39.0. The fourth-order valence-corrected chi connectivity index (χ4v) is 9.07. The van der Waals surface area contributed by atoms with Gasteiger partial charge in [-0.3, -0.25) is 18.9 Å². The number of carbonyl (C=O) groups is 4. The lowest BCUT2D eigenvalue weighted by Crippen LogP contribution is -2.60. The molecule has 0 radical (unpaired) electrons. The summed E-state index contributed by atoms with van der Waals surface area (Å²) in [6, 6.07) is 15.7. The van der Waals surface area contributed by atoms with Crippen LogP contribution in [-0.2, 0) is 41.4 Å². The highest BCUT2D eigenvalue weighted by Gasteiger charge is 2.35. The molecule has 0 saturated heterocycles. The van der Waals surface area contributed by atoms with Gasteiger partial charge in [-0.2, -0.15) is 0 Å². The van der Waals surface area contributed by atoms with Crippen LogP contribution in [-0.4, -0.2) is 72.0 Å². The molecule has 13 heteroatoms. The minimum absolute atomic E-state index is 0.0353. The van der Waals surface area contributed by atoms with Crippen molar-refractivity contribution in [3.05, 3.63) is 71.8 Å². The Labute approximate surface area is 315 Å². The molecule has 0 aliphatic heterocycles. The largest absolute Gasteiger partial charge is 0.445 e. The van der Waals surface area contributed by atoms with Crippen molar-refractivity contribution in [2.45, 2.75) is 111 Å². The van der Waals surface area contributed by atoms with Gasteiger partial charge in [-0.1, -0.05) is 121 Å². The molecular formula is C40H61N4O8P. The first-order chi connectivity index (χ1) is 25.2. The molecule has 12 nitrogen and oxygen atoms in total. The zero-order valence-electron chi connectivity index (χ0n) is 32.2. The summed E-state index contributed by atoms with van der Waals surface area (Å²) in [5, 5.41) is 21.9. The molecule has 4 amide bonds. The first-order valence-corrected chi connectivity index (χ1v) is 21.0. The summed E-state index contributed by atoms with van der Waals surface area (Å²) in [6.45, 7) is 10.7. The smallest absolute Gasteiger partial charge is 0.408 e. The van der Waals surface area contributed by atoms with Crippen LogP contribution >= 0.6 is 7.37 Å². The van der Waals surface area contributed by atoms with Crippen LogP contribution in [0.4, 0.5) is 4.79 Å². The predicted molar refractivity (Wildman–Crippen MR) is 206 cm³/mol. The van der Waals surface area contributed by atoms with Crippen LogP contribution in [0.1, 0.15) is 84.8 Å². The number of nitrogens with one attached hydrogen (secondary N) is 4. The number of rotatable bonds is 20. The number of benzene rings is 2. The molecule has 1 aliphatic rings. The summed E-state index contributed by atoms with van der Waals surface area (Å²) in [7, 11) is -3.26. The standard InChI is InChI=1S/C40H61N4O8P/c1-27(2)34(37(46)41-22-33(45)26-53(50,25-32-20-14-9-15-21-32)52-24-31-18-12-8-13-19-31)42-38(47)35(28(3)4)43-39(48)36(29(5)6)44-40(49)51-23-30-16-10-7-11-17-30/h7-8,10-13,16-19,27-29,32-36,45H,9,14-15,20-26H2,1-6H3,(H,41,46)(H,42,47)(H,43,48)(H,44,49)/t33-,34-,35-,36-,53?/m0/s1. The topological polar surface area (TPSA) is 172 Å². The number of alkyl carbamates (subject to hydrolysis) is 1. The Morgan fingerprint density at radius 1 is 0.698 bits per heavy atom. The lowest BCUT2D eigenvalue weighted by Gasteiger charge is -2.30. The van der Waals surface area contributed by atoms with Gasteiger partial charge in [0.2, 0.25) is 25.1 Å². The lowest BCUT2D eigenvalue weighted by molar-refractivity contribution is -0.134. The van der Waals surface area contributed by atoms with Gasteiger partial charge in [-0.25, -0.2) is 4.79 Å². The molecule has 0 aromatic heterocycles. The molecule has 3 rings (SSSR count). The zero-order valence-corrected chi connectivity index (χ0v) is 33.1. The summed E-state index contributed by atoms with van der Waals surface area (Å²) >= 11 is 0. The molecule has 5 N–H and O–H groups in total. The normalized spacial score (nSPS) is 16.9. The van der Waals surface area contributed by atoms with Crippen molar-refractivity contribution in [1.29, 1.82) is 0 Å². The summed E-state index contributed by atoms with van der Waals surface area (Å²) in [5.74, 6) is -2.40. The second kappa shape index (κ2) is 21.8. The number of hydrogen-bond acceptors (Lipinski definition) is 8. The van der Waals surface area contributed by atoms with Crippen molar-refractivity contribution in [2.24, 2.45) is 23.7 Å². The van der Waals surface area contributed by atoms with E-state index in [1.165, 1.54) is 6.42 Å². The third kappa shape index (κ3) is 15.3. The van der Waals surface area contributed by atoms with Gasteiger partial charge in [0.05, 0.1) is 18.9 Å². The molecule has 0 bridgehead atoms. The number of ether oxygens (including phenoxy) is 1. The van der Waals surface area contributed by atoms with Gasteiger partial charge in [-0.15, -0.1) is 0 Å². The maximum atomic E-state index is 14.1. The van der Waals surface area contributed by atoms with Crippen molar-refractivity contribution in [2.75, 3.05) is 18.9 Å². The molecular weight excluding hydrogens is 695 g/mol. The van der Waals surface area contributed by atoms with E-state index in [1.54, 1.807) is 41.5 Å². The van der Waals surface area contributed by atoms with Gasteiger partial charge in [0.15, 0.2) is 0 Å². The molecule has 1 saturated carbocycles. The molecule has 53 heavy (non-hydrogen) atoms. The lowest BCUT2D eigenvalue weighted by atomic mass is 9.91. The van der Waals surface area contributed by atoms with Crippen molar-refractivity contribution in [1.82, 2.24) is 21.3 Å². The van der Waals surface area contributed by atoms with E-state index in [1.807, 2.05) is 60.7 Å². The van der Waals surface area contributed by atoms with Gasteiger partial charge < -0.3 is 35.6 Å². The van der Waals surface area contributed by atoms with Crippen LogP contribution in [0.3, 0.4) is 0 Å². The third-order valence-corrected chi connectivity index (χ3v) is 12.2. The van der Waals surface area contributed by atoms with E-state index >= 15 is 0 Å². The fraction of sp³-hybridized carbons (Fsp3) is 0.600. The molecule has 5 atom stereocenters. The van der Waals surface area contributed by atoms with E-state index in [-0.39, 0.29) is 49.6 Å². The summed E-state index contributed by atoms with van der Waals surface area (Å²) in [5.41, 5.74) is 1.69. The van der Waals surface area contributed by atoms with Crippen molar-refractivity contribution >= 4 is 31.2 Å². The van der Waals surface area contributed by atoms with Gasteiger partial charge in [0.1, 0.15) is 24.7 Å². The molecule has 0 spiro atoms. The summed E-state index contributed by atoms with van der Waals surface area (Å²) in [4.78, 5) is 53.0. The number of aliphatic hydroxyl groups excluding tert-OH is 1. The van der Waals surface area contributed by atoms with Crippen LogP contribution in [0.2, 0.25) is 0 Å². The van der Waals surface area contributed by atoms with Gasteiger partial charge in [-0.05, 0) is 47.6 Å². The third-order valence-electron chi connectivity index (χ3n) is 9.50. The van der Waals surface area contributed by atoms with Gasteiger partial charge >= 0.3 is 6.09 Å². The molecule has 0 heterocycles. The highest BCUT2D eigenvalue weighted by Crippen LogP contribution is 2.51. The predicted octanol–water partition coefficient (Wildman–Crippen LogP) is 5.77. The Hall–Kier alpha value is -3.73. The quantitative estimate of drug-likeness (QED) is 0.106. The van der Waals surface area contributed by atoms with Gasteiger partial charge in [0, 0.05) is 12.7 Å². The Kier molecular flexibility index (Phi) is 18.0. The second-order valence-corrected chi connectivity index (χ2v) is 17.8. The van der Waals surface area contributed by atoms with E-state index in [0.29, 0.717) is 6.16 Å². The summed E-state index contributed by atoms with van der Waals surface area (Å²) in [6.07, 6.45) is 3.70. The fourth-order valence-electron chi connectivity index (χ4n) is 6.41. The van der Waals surface area contributed by atoms with Crippen LogP contribution in [0, 0.1) is 23.7 Å². The monoisotopic (exact) mass is 756 g/mol. The minimum atomic E-state index is -3.26. The van der Waals surface area contributed by atoms with Crippen molar-refractivity contribution in [3.8, 4) is 0 Å². The van der Waals surface area contributed by atoms with E-state index in [0.717, 1.165) is 36.8 Å². The van der Waals surface area contributed by atoms with Gasteiger partial charge in [0.25, 0.3) is 0 Å². The number of carbonyl (C=O) groups excluding carboxylic acids is 4. The van der Waals surface area contributed by atoms with Crippen LogP contribution in [0.5, 0.6) is 0 Å². The first kappa shape index (κ1) is 43.7. The minimum Gasteiger partial charge on any atom is -0.445 e. The van der Waals surface area contributed by atoms with E-state index in [9.17, 15) is 28.8 Å². The SMILES string of the molecule is CC(C)[C@H](NC(=O)OCc1ccccc1)C(=O)N[C@H](C(=O)N[C@H](C(=O)NC[C@H](O)CP(=O)(CC1CCCCC1)OCc1ccccc1)C(C)C)C(C)C. The molecule has 294 valence electrons. The highest BCUT2D eigenvalue weighted by molar-refractivity contribution is 7.59. The van der Waals surface area contributed by atoms with Crippen molar-refractivity contribution in [3.63, 3.8) is 0 Å². The maximum absolute atomic E-state index is 14.1. The van der Waals surface area contributed by atoms with E-state index in [4.69, 9.17) is 9.26 Å². The second-order valence-electron chi connectivity index (χ2n) is 15.2. The van der Waals surface area contributed by atoms with E-state index < -0.39 is 55.4 Å². The van der Waals surface area contributed by atoms with Crippen molar-refractivity contribution < 1.29 is 38.1 Å². The number of aliphatic hydroxyl groups is 1. The van der Waals surface area contributed by atoms with E-state index in [2.05, 4.69) is 21.3 Å². The van der Waals surface area contributed by atoms with Crippen LogP contribution < -0.4 is 21.3 Å². The number of hydrogen-bond donors (Lipinski definition) is 5. The van der Waals surface area contributed by atoms with Crippen LogP contribution in [0.15, 0.2) is 60.7 Å². The Morgan fingerprint density at radius 2 is 1.17 bits per heavy atom. The molecule has 2 aromatic rings. The summed E-state index contributed by atoms with van der Waals surface area (Å²) < 4.78 is 25.5. The highest BCUT2D eigenvalue weighted by atomic mass is 31.2. The van der Waals surface area contributed by atoms with Crippen LogP contribution in [0.25, 0.3) is 0 Å². The molecule has 1 fully saturated rings. The Balaban J connectivity index is 1.59. The maximum Gasteiger partial charge on any atom is 0.408 e. The molecule has 1 unspecified atom stereocenters. The molecule has 2 aromatic carbocycles. The number of amides is 4. The first-order valence-electron chi connectivity index (χ1n) is 19.0.